The van der Waals surface area contributed by atoms with Gasteiger partial charge in [0.25, 0.3) is 5.95 Å². The fourth-order valence-electron chi connectivity index (χ4n) is 1.98. The minimum Gasteiger partial charge on any atom is -0.489 e. The molecular weight excluding hydrogens is 335 g/mol. The van der Waals surface area contributed by atoms with Crippen LogP contribution in [0.4, 0.5) is 10.3 Å². The SMILES string of the molecule is Nc1nnnn1NCc1ccc(OCc2ccc(F)cc2Cl)cc1. The van der Waals surface area contributed by atoms with Crippen molar-refractivity contribution in [3.63, 3.8) is 0 Å². The summed E-state index contributed by atoms with van der Waals surface area (Å²) in [5.41, 5.74) is 10.2. The Kier molecular flexibility index (Phi) is 4.76. The van der Waals surface area contributed by atoms with E-state index in [0.717, 1.165) is 11.1 Å². The number of ether oxygens (including phenoxy) is 1. The van der Waals surface area contributed by atoms with Crippen LogP contribution >= 0.6 is 11.6 Å². The molecule has 1 heterocycles. The molecule has 3 aromatic rings. The molecule has 0 saturated carbocycles. The highest BCUT2D eigenvalue weighted by molar-refractivity contribution is 6.31. The topological polar surface area (TPSA) is 90.9 Å². The Labute approximate surface area is 142 Å². The quantitative estimate of drug-likeness (QED) is 0.710. The highest BCUT2D eigenvalue weighted by atomic mass is 35.5. The zero-order chi connectivity index (χ0) is 16.9. The molecule has 3 N–H and O–H groups in total. The molecular formula is C15H14ClFN6O. The van der Waals surface area contributed by atoms with Crippen molar-refractivity contribution in [1.29, 1.82) is 0 Å². The molecule has 0 atom stereocenters. The first kappa shape index (κ1) is 16.0. The summed E-state index contributed by atoms with van der Waals surface area (Å²) in [6, 6.07) is 11.7. The van der Waals surface area contributed by atoms with Crippen LogP contribution in [0.3, 0.4) is 0 Å². The minimum absolute atomic E-state index is 0.186. The largest absolute Gasteiger partial charge is 0.489 e. The van der Waals surface area contributed by atoms with E-state index in [1.807, 2.05) is 24.3 Å². The number of halogens is 2. The van der Waals surface area contributed by atoms with E-state index in [4.69, 9.17) is 22.1 Å². The number of nitrogens with two attached hydrogens (primary N) is 1. The first-order chi connectivity index (χ1) is 11.6. The number of nitrogen functional groups attached to an aromatic ring is 1. The molecule has 0 unspecified atom stereocenters. The van der Waals surface area contributed by atoms with Crippen LogP contribution in [0.25, 0.3) is 0 Å². The van der Waals surface area contributed by atoms with Gasteiger partial charge in [0, 0.05) is 5.56 Å². The number of aromatic nitrogens is 4. The summed E-state index contributed by atoms with van der Waals surface area (Å²) in [4.78, 5) is 1.29. The van der Waals surface area contributed by atoms with Crippen LogP contribution in [0.15, 0.2) is 42.5 Å². The smallest absolute Gasteiger partial charge is 0.260 e. The predicted octanol–water partition coefficient (Wildman–Crippen LogP) is 2.37. The highest BCUT2D eigenvalue weighted by Crippen LogP contribution is 2.20. The Hall–Kier alpha value is -2.87. The van der Waals surface area contributed by atoms with Crippen LogP contribution in [-0.2, 0) is 13.2 Å². The van der Waals surface area contributed by atoms with E-state index in [9.17, 15) is 4.39 Å². The molecule has 3 rings (SSSR count). The van der Waals surface area contributed by atoms with Crippen LogP contribution < -0.4 is 15.9 Å². The lowest BCUT2D eigenvalue weighted by atomic mass is 10.2. The van der Waals surface area contributed by atoms with Gasteiger partial charge in [-0.2, -0.15) is 0 Å². The zero-order valence-corrected chi connectivity index (χ0v) is 13.2. The van der Waals surface area contributed by atoms with Gasteiger partial charge in [0.05, 0.1) is 11.6 Å². The molecule has 0 aliphatic rings. The maximum absolute atomic E-state index is 13.0. The van der Waals surface area contributed by atoms with Crippen molar-refractivity contribution in [3.8, 4) is 5.75 Å². The standard InChI is InChI=1S/C15H14ClFN6O/c16-14-7-12(17)4-3-11(14)9-24-13-5-1-10(2-6-13)8-19-23-15(18)20-21-22-23/h1-7,19H,8-9H2,(H2,18,20,22). The summed E-state index contributed by atoms with van der Waals surface area (Å²) in [6.07, 6.45) is 0. The molecule has 0 amide bonds. The third-order valence-electron chi connectivity index (χ3n) is 3.26. The zero-order valence-electron chi connectivity index (χ0n) is 12.5. The second-order valence-electron chi connectivity index (χ2n) is 4.95. The van der Waals surface area contributed by atoms with Gasteiger partial charge in [0.1, 0.15) is 18.2 Å². The average Bonchev–Trinajstić information content (AvgIpc) is 2.98. The number of benzene rings is 2. The van der Waals surface area contributed by atoms with E-state index in [-0.39, 0.29) is 18.4 Å². The molecule has 2 aromatic carbocycles. The van der Waals surface area contributed by atoms with E-state index < -0.39 is 0 Å². The Morgan fingerprint density at radius 2 is 2.00 bits per heavy atom. The van der Waals surface area contributed by atoms with Crippen molar-refractivity contribution in [2.75, 3.05) is 11.2 Å². The van der Waals surface area contributed by atoms with Gasteiger partial charge >= 0.3 is 0 Å². The second kappa shape index (κ2) is 7.14. The molecule has 0 aliphatic heterocycles. The van der Waals surface area contributed by atoms with Gasteiger partial charge in [-0.1, -0.05) is 34.9 Å². The van der Waals surface area contributed by atoms with Crippen molar-refractivity contribution < 1.29 is 9.13 Å². The molecule has 24 heavy (non-hydrogen) atoms. The average molecular weight is 349 g/mol. The van der Waals surface area contributed by atoms with Crippen LogP contribution in [-0.4, -0.2) is 20.3 Å². The first-order valence-corrected chi connectivity index (χ1v) is 7.43. The summed E-state index contributed by atoms with van der Waals surface area (Å²) in [7, 11) is 0. The maximum Gasteiger partial charge on any atom is 0.260 e. The number of anilines is 1. The first-order valence-electron chi connectivity index (χ1n) is 7.05. The number of rotatable bonds is 6. The lowest BCUT2D eigenvalue weighted by Crippen LogP contribution is -2.18. The van der Waals surface area contributed by atoms with Gasteiger partial charge in [-0.25, -0.2) is 4.39 Å². The van der Waals surface area contributed by atoms with Crippen molar-refractivity contribution in [2.45, 2.75) is 13.2 Å². The monoisotopic (exact) mass is 348 g/mol. The number of nitrogens with one attached hydrogen (secondary N) is 1. The minimum atomic E-state index is -0.371. The Balaban J connectivity index is 1.55. The van der Waals surface area contributed by atoms with Gasteiger partial charge in [-0.15, -0.1) is 4.79 Å². The van der Waals surface area contributed by atoms with E-state index in [2.05, 4.69) is 21.0 Å². The van der Waals surface area contributed by atoms with Crippen molar-refractivity contribution in [3.05, 3.63) is 64.4 Å². The molecule has 0 aliphatic carbocycles. The molecule has 0 saturated heterocycles. The lowest BCUT2D eigenvalue weighted by Gasteiger charge is -2.09. The molecule has 0 fully saturated rings. The highest BCUT2D eigenvalue weighted by Gasteiger charge is 2.04. The molecule has 124 valence electrons. The van der Waals surface area contributed by atoms with Crippen LogP contribution in [0.5, 0.6) is 5.75 Å². The van der Waals surface area contributed by atoms with E-state index in [1.54, 1.807) is 6.07 Å². The van der Waals surface area contributed by atoms with E-state index >= 15 is 0 Å². The number of nitrogens with zero attached hydrogens (tertiary/aromatic N) is 4. The lowest BCUT2D eigenvalue weighted by molar-refractivity contribution is 0.306. The number of hydrogen-bond acceptors (Lipinski definition) is 6. The third kappa shape index (κ3) is 3.90. The van der Waals surface area contributed by atoms with Crippen LogP contribution in [0.2, 0.25) is 5.02 Å². The van der Waals surface area contributed by atoms with Crippen LogP contribution in [0.1, 0.15) is 11.1 Å². The second-order valence-corrected chi connectivity index (χ2v) is 5.36. The van der Waals surface area contributed by atoms with Crippen LogP contribution in [0, 0.1) is 5.82 Å². The number of tetrazole rings is 1. The molecule has 0 spiro atoms. The summed E-state index contributed by atoms with van der Waals surface area (Å²) >= 11 is 5.97. The fourth-order valence-corrected chi connectivity index (χ4v) is 2.20. The summed E-state index contributed by atoms with van der Waals surface area (Å²) in [5, 5.41) is 11.0. The Bertz CT molecular complexity index is 823. The number of hydrogen-bond donors (Lipinski definition) is 2. The van der Waals surface area contributed by atoms with E-state index in [1.165, 1.54) is 16.9 Å². The summed E-state index contributed by atoms with van der Waals surface area (Å²) in [6.45, 7) is 0.761. The Morgan fingerprint density at radius 3 is 2.67 bits per heavy atom. The molecule has 9 heteroatoms. The van der Waals surface area contributed by atoms with Crippen molar-refractivity contribution in [2.24, 2.45) is 0 Å². The summed E-state index contributed by atoms with van der Waals surface area (Å²) < 4.78 is 18.7. The fraction of sp³-hybridized carbons (Fsp3) is 0.133. The normalized spacial score (nSPS) is 10.6. The maximum atomic E-state index is 13.0. The molecule has 0 radical (unpaired) electrons. The van der Waals surface area contributed by atoms with Gasteiger partial charge in [0.2, 0.25) is 0 Å². The Morgan fingerprint density at radius 1 is 1.21 bits per heavy atom. The van der Waals surface area contributed by atoms with Gasteiger partial charge in [0.15, 0.2) is 0 Å². The van der Waals surface area contributed by atoms with Crippen molar-refractivity contribution >= 4 is 17.5 Å². The molecule has 7 nitrogen and oxygen atoms in total. The predicted molar refractivity (Wildman–Crippen MR) is 87.5 cm³/mol. The van der Waals surface area contributed by atoms with E-state index in [0.29, 0.717) is 17.3 Å². The third-order valence-corrected chi connectivity index (χ3v) is 3.61. The molecule has 0 bridgehead atoms. The van der Waals surface area contributed by atoms with Gasteiger partial charge in [-0.05, 0) is 40.3 Å². The van der Waals surface area contributed by atoms with Gasteiger partial charge < -0.3 is 15.9 Å². The van der Waals surface area contributed by atoms with Gasteiger partial charge in [-0.3, -0.25) is 0 Å². The van der Waals surface area contributed by atoms with Crippen molar-refractivity contribution in [1.82, 2.24) is 20.3 Å². The summed E-state index contributed by atoms with van der Waals surface area (Å²) in [5.74, 6) is 0.496. The molecule has 1 aromatic heterocycles.